The third kappa shape index (κ3) is 3.92. The SMILES string of the molecule is Nc1ccc(F)cc1C(=O)NCCN1CCCCC1. The Labute approximate surface area is 112 Å². The lowest BCUT2D eigenvalue weighted by atomic mass is 10.1. The molecular weight excluding hydrogens is 245 g/mol. The zero-order chi connectivity index (χ0) is 13.7. The minimum atomic E-state index is -0.449. The Balaban J connectivity index is 1.82. The Morgan fingerprint density at radius 3 is 2.79 bits per heavy atom. The van der Waals surface area contributed by atoms with E-state index < -0.39 is 5.82 Å². The van der Waals surface area contributed by atoms with Crippen molar-refractivity contribution < 1.29 is 9.18 Å². The summed E-state index contributed by atoms with van der Waals surface area (Å²) in [6.45, 7) is 3.59. The summed E-state index contributed by atoms with van der Waals surface area (Å²) < 4.78 is 13.1. The van der Waals surface area contributed by atoms with E-state index in [1.165, 1.54) is 37.5 Å². The maximum absolute atomic E-state index is 13.1. The first kappa shape index (κ1) is 13.8. The van der Waals surface area contributed by atoms with Crippen LogP contribution in [-0.4, -0.2) is 37.0 Å². The second kappa shape index (κ2) is 6.52. The lowest BCUT2D eigenvalue weighted by molar-refractivity contribution is 0.0947. The number of hydrogen-bond acceptors (Lipinski definition) is 3. The standard InChI is InChI=1S/C14H20FN3O/c15-11-4-5-13(16)12(10-11)14(19)17-6-9-18-7-2-1-3-8-18/h4-5,10H,1-3,6-9,16H2,(H,17,19). The number of nitrogens with one attached hydrogen (secondary N) is 1. The van der Waals surface area contributed by atoms with Gasteiger partial charge in [0.05, 0.1) is 5.56 Å². The second-order valence-electron chi connectivity index (χ2n) is 4.89. The van der Waals surface area contributed by atoms with Crippen molar-refractivity contribution in [2.24, 2.45) is 0 Å². The molecule has 1 fully saturated rings. The molecule has 1 heterocycles. The van der Waals surface area contributed by atoms with Crippen LogP contribution < -0.4 is 11.1 Å². The lowest BCUT2D eigenvalue weighted by Gasteiger charge is -2.26. The fourth-order valence-corrected chi connectivity index (χ4v) is 2.33. The van der Waals surface area contributed by atoms with Gasteiger partial charge in [-0.15, -0.1) is 0 Å². The summed E-state index contributed by atoms with van der Waals surface area (Å²) >= 11 is 0. The van der Waals surface area contributed by atoms with E-state index in [0.717, 1.165) is 19.6 Å². The van der Waals surface area contributed by atoms with Crippen molar-refractivity contribution in [3.8, 4) is 0 Å². The number of amides is 1. The highest BCUT2D eigenvalue weighted by Gasteiger charge is 2.12. The van der Waals surface area contributed by atoms with Gasteiger partial charge < -0.3 is 16.0 Å². The Bertz CT molecular complexity index is 444. The molecule has 2 rings (SSSR count). The molecular formula is C14H20FN3O. The van der Waals surface area contributed by atoms with E-state index in [-0.39, 0.29) is 11.5 Å². The molecule has 4 nitrogen and oxygen atoms in total. The van der Waals surface area contributed by atoms with E-state index in [0.29, 0.717) is 12.2 Å². The molecule has 0 aliphatic carbocycles. The van der Waals surface area contributed by atoms with Gasteiger partial charge in [-0.25, -0.2) is 4.39 Å². The van der Waals surface area contributed by atoms with Gasteiger partial charge in [0.1, 0.15) is 5.82 Å². The third-order valence-corrected chi connectivity index (χ3v) is 3.42. The van der Waals surface area contributed by atoms with Crippen LogP contribution >= 0.6 is 0 Å². The summed E-state index contributed by atoms with van der Waals surface area (Å²) in [7, 11) is 0. The molecule has 0 spiro atoms. The van der Waals surface area contributed by atoms with Gasteiger partial charge >= 0.3 is 0 Å². The summed E-state index contributed by atoms with van der Waals surface area (Å²) in [5, 5.41) is 2.79. The third-order valence-electron chi connectivity index (χ3n) is 3.42. The number of benzene rings is 1. The highest BCUT2D eigenvalue weighted by atomic mass is 19.1. The van der Waals surface area contributed by atoms with E-state index >= 15 is 0 Å². The Morgan fingerprint density at radius 1 is 1.32 bits per heavy atom. The quantitative estimate of drug-likeness (QED) is 0.813. The topological polar surface area (TPSA) is 58.4 Å². The number of nitrogen functional groups attached to an aromatic ring is 1. The predicted octanol–water partition coefficient (Wildman–Crippen LogP) is 1.62. The van der Waals surface area contributed by atoms with Crippen LogP contribution in [0.15, 0.2) is 18.2 Å². The molecule has 19 heavy (non-hydrogen) atoms. The first-order valence-corrected chi connectivity index (χ1v) is 6.72. The minimum Gasteiger partial charge on any atom is -0.398 e. The van der Waals surface area contributed by atoms with Crippen LogP contribution in [0.2, 0.25) is 0 Å². The normalized spacial score (nSPS) is 16.3. The number of nitrogens with zero attached hydrogens (tertiary/aromatic N) is 1. The van der Waals surface area contributed by atoms with Gasteiger partial charge in [0, 0.05) is 18.8 Å². The van der Waals surface area contributed by atoms with E-state index in [2.05, 4.69) is 10.2 Å². The predicted molar refractivity (Wildman–Crippen MR) is 73.4 cm³/mol. The lowest BCUT2D eigenvalue weighted by Crippen LogP contribution is -2.37. The molecule has 1 saturated heterocycles. The van der Waals surface area contributed by atoms with Crippen molar-refractivity contribution in [1.29, 1.82) is 0 Å². The smallest absolute Gasteiger partial charge is 0.253 e. The van der Waals surface area contributed by atoms with Gasteiger partial charge in [-0.2, -0.15) is 0 Å². The van der Waals surface area contributed by atoms with Gasteiger partial charge in [0.2, 0.25) is 0 Å². The molecule has 0 atom stereocenters. The Morgan fingerprint density at radius 2 is 2.05 bits per heavy atom. The van der Waals surface area contributed by atoms with E-state index in [4.69, 9.17) is 5.73 Å². The van der Waals surface area contributed by atoms with Crippen molar-refractivity contribution in [2.45, 2.75) is 19.3 Å². The van der Waals surface area contributed by atoms with Gasteiger partial charge in [-0.1, -0.05) is 6.42 Å². The summed E-state index contributed by atoms with van der Waals surface area (Å²) in [5.74, 6) is -0.760. The first-order chi connectivity index (χ1) is 9.16. The summed E-state index contributed by atoms with van der Waals surface area (Å²) in [5.41, 5.74) is 6.18. The van der Waals surface area contributed by atoms with Crippen molar-refractivity contribution in [1.82, 2.24) is 10.2 Å². The number of carbonyl (C=O) groups is 1. The highest BCUT2D eigenvalue weighted by molar-refractivity contribution is 5.99. The number of halogens is 1. The monoisotopic (exact) mass is 265 g/mol. The molecule has 0 aromatic heterocycles. The van der Waals surface area contributed by atoms with Crippen molar-refractivity contribution in [2.75, 3.05) is 31.9 Å². The molecule has 0 unspecified atom stereocenters. The van der Waals surface area contributed by atoms with E-state index in [1.807, 2.05) is 0 Å². The average Bonchev–Trinajstić information content (AvgIpc) is 2.42. The first-order valence-electron chi connectivity index (χ1n) is 6.72. The molecule has 1 amide bonds. The van der Waals surface area contributed by atoms with Crippen molar-refractivity contribution in [3.05, 3.63) is 29.6 Å². The summed E-state index contributed by atoms with van der Waals surface area (Å²) in [6.07, 6.45) is 3.75. The Hall–Kier alpha value is -1.62. The number of likely N-dealkylation sites (tertiary alicyclic amines) is 1. The van der Waals surface area contributed by atoms with Gasteiger partial charge in [-0.3, -0.25) is 4.79 Å². The fourth-order valence-electron chi connectivity index (χ4n) is 2.33. The number of rotatable bonds is 4. The van der Waals surface area contributed by atoms with E-state index in [1.54, 1.807) is 0 Å². The van der Waals surface area contributed by atoms with Crippen molar-refractivity contribution >= 4 is 11.6 Å². The molecule has 3 N–H and O–H groups in total. The molecule has 1 aliphatic rings. The Kier molecular flexibility index (Phi) is 4.74. The van der Waals surface area contributed by atoms with Gasteiger partial charge in [0.25, 0.3) is 5.91 Å². The van der Waals surface area contributed by atoms with Crippen LogP contribution in [0, 0.1) is 5.82 Å². The molecule has 1 aliphatic heterocycles. The zero-order valence-corrected chi connectivity index (χ0v) is 11.0. The maximum atomic E-state index is 13.1. The van der Waals surface area contributed by atoms with Crippen LogP contribution in [0.3, 0.4) is 0 Å². The molecule has 104 valence electrons. The largest absolute Gasteiger partial charge is 0.398 e. The molecule has 1 aromatic rings. The highest BCUT2D eigenvalue weighted by Crippen LogP contribution is 2.13. The van der Waals surface area contributed by atoms with Crippen LogP contribution in [0.4, 0.5) is 10.1 Å². The van der Waals surface area contributed by atoms with Crippen LogP contribution in [0.5, 0.6) is 0 Å². The minimum absolute atomic E-state index is 0.207. The zero-order valence-electron chi connectivity index (χ0n) is 11.0. The average molecular weight is 265 g/mol. The summed E-state index contributed by atoms with van der Waals surface area (Å²) in [4.78, 5) is 14.2. The molecule has 5 heteroatoms. The second-order valence-corrected chi connectivity index (χ2v) is 4.89. The number of nitrogens with two attached hydrogens (primary N) is 1. The molecule has 0 bridgehead atoms. The van der Waals surface area contributed by atoms with Crippen LogP contribution in [0.1, 0.15) is 29.6 Å². The molecule has 0 saturated carbocycles. The van der Waals surface area contributed by atoms with E-state index in [9.17, 15) is 9.18 Å². The van der Waals surface area contributed by atoms with Gasteiger partial charge in [0.15, 0.2) is 0 Å². The van der Waals surface area contributed by atoms with Gasteiger partial charge in [-0.05, 0) is 44.1 Å². The number of anilines is 1. The number of hydrogen-bond donors (Lipinski definition) is 2. The molecule has 0 radical (unpaired) electrons. The number of carbonyl (C=O) groups excluding carboxylic acids is 1. The fraction of sp³-hybridized carbons (Fsp3) is 0.500. The van der Waals surface area contributed by atoms with Crippen molar-refractivity contribution in [3.63, 3.8) is 0 Å². The summed E-state index contributed by atoms with van der Waals surface area (Å²) in [6, 6.07) is 3.83. The maximum Gasteiger partial charge on any atom is 0.253 e. The van der Waals surface area contributed by atoms with Crippen LogP contribution in [-0.2, 0) is 0 Å². The van der Waals surface area contributed by atoms with Crippen LogP contribution in [0.25, 0.3) is 0 Å². The molecule has 1 aromatic carbocycles. The number of piperidine rings is 1.